The molecule has 0 fully saturated rings. The van der Waals surface area contributed by atoms with Gasteiger partial charge in [-0.25, -0.2) is 0 Å². The molecule has 0 N–H and O–H groups in total. The Bertz CT molecular complexity index is 524. The number of aryl methyl sites for hydroxylation is 3. The summed E-state index contributed by atoms with van der Waals surface area (Å²) in [6.45, 7) is 7.38. The summed E-state index contributed by atoms with van der Waals surface area (Å²) in [7, 11) is 0. The fourth-order valence-corrected chi connectivity index (χ4v) is 2.15. The SMILES string of the molecule is CCc1ccc(OCCOc2c(C)cccc2C)cc1. The summed E-state index contributed by atoms with van der Waals surface area (Å²) in [5, 5.41) is 0. The molecule has 0 saturated carbocycles. The molecule has 0 heterocycles. The maximum atomic E-state index is 5.81. The number of para-hydroxylation sites is 1. The zero-order chi connectivity index (χ0) is 14.4. The second-order valence-electron chi connectivity index (χ2n) is 4.92. The fraction of sp³-hybridized carbons (Fsp3) is 0.333. The second kappa shape index (κ2) is 6.99. The van der Waals surface area contributed by atoms with Gasteiger partial charge in [0.25, 0.3) is 0 Å². The molecular weight excluding hydrogens is 248 g/mol. The van der Waals surface area contributed by atoms with Gasteiger partial charge in [-0.1, -0.05) is 37.3 Å². The van der Waals surface area contributed by atoms with Gasteiger partial charge in [0.1, 0.15) is 24.7 Å². The monoisotopic (exact) mass is 270 g/mol. The highest BCUT2D eigenvalue weighted by Crippen LogP contribution is 2.22. The van der Waals surface area contributed by atoms with E-state index in [0.29, 0.717) is 13.2 Å². The highest BCUT2D eigenvalue weighted by atomic mass is 16.5. The molecule has 0 aromatic heterocycles. The van der Waals surface area contributed by atoms with E-state index in [-0.39, 0.29) is 0 Å². The molecule has 0 radical (unpaired) electrons. The molecule has 2 aromatic carbocycles. The normalized spacial score (nSPS) is 10.3. The lowest BCUT2D eigenvalue weighted by atomic mass is 10.1. The zero-order valence-electron chi connectivity index (χ0n) is 12.5. The van der Waals surface area contributed by atoms with Crippen LogP contribution in [-0.4, -0.2) is 13.2 Å². The highest BCUT2D eigenvalue weighted by molar-refractivity contribution is 5.39. The first-order valence-electron chi connectivity index (χ1n) is 7.11. The van der Waals surface area contributed by atoms with Gasteiger partial charge in [0.15, 0.2) is 0 Å². The molecule has 0 saturated heterocycles. The van der Waals surface area contributed by atoms with Gasteiger partial charge >= 0.3 is 0 Å². The number of hydrogen-bond acceptors (Lipinski definition) is 2. The Morgan fingerprint density at radius 3 is 2.00 bits per heavy atom. The smallest absolute Gasteiger partial charge is 0.125 e. The van der Waals surface area contributed by atoms with Crippen molar-refractivity contribution in [1.29, 1.82) is 0 Å². The summed E-state index contributed by atoms with van der Waals surface area (Å²) in [5.74, 6) is 1.87. The molecule has 0 aliphatic carbocycles. The molecule has 0 spiro atoms. The molecule has 0 bridgehead atoms. The molecule has 2 rings (SSSR count). The molecule has 0 amide bonds. The molecule has 0 aliphatic heterocycles. The van der Waals surface area contributed by atoms with Crippen molar-refractivity contribution >= 4 is 0 Å². The van der Waals surface area contributed by atoms with Crippen LogP contribution in [0.15, 0.2) is 42.5 Å². The summed E-state index contributed by atoms with van der Waals surface area (Å²) in [4.78, 5) is 0. The predicted octanol–water partition coefficient (Wildman–Crippen LogP) is 4.32. The first-order chi connectivity index (χ1) is 9.70. The van der Waals surface area contributed by atoms with E-state index < -0.39 is 0 Å². The molecular formula is C18H22O2. The summed E-state index contributed by atoms with van der Waals surface area (Å²) in [6, 6.07) is 14.4. The van der Waals surface area contributed by atoms with Crippen molar-refractivity contribution in [3.05, 3.63) is 59.2 Å². The van der Waals surface area contributed by atoms with E-state index in [4.69, 9.17) is 9.47 Å². The summed E-state index contributed by atoms with van der Waals surface area (Å²) < 4.78 is 11.5. The first kappa shape index (κ1) is 14.4. The average molecular weight is 270 g/mol. The minimum atomic E-state index is 0.555. The van der Waals surface area contributed by atoms with Gasteiger partial charge < -0.3 is 9.47 Å². The van der Waals surface area contributed by atoms with Crippen molar-refractivity contribution in [3.63, 3.8) is 0 Å². The Labute approximate surface area is 121 Å². The minimum absolute atomic E-state index is 0.555. The topological polar surface area (TPSA) is 18.5 Å². The summed E-state index contributed by atoms with van der Waals surface area (Å²) in [5.41, 5.74) is 3.65. The van der Waals surface area contributed by atoms with E-state index >= 15 is 0 Å². The Kier molecular flexibility index (Phi) is 5.05. The Morgan fingerprint density at radius 1 is 0.800 bits per heavy atom. The number of rotatable bonds is 6. The summed E-state index contributed by atoms with van der Waals surface area (Å²) in [6.07, 6.45) is 1.05. The largest absolute Gasteiger partial charge is 0.490 e. The van der Waals surface area contributed by atoms with Gasteiger partial charge in [0.05, 0.1) is 0 Å². The predicted molar refractivity (Wildman–Crippen MR) is 82.7 cm³/mol. The highest BCUT2D eigenvalue weighted by Gasteiger charge is 2.02. The van der Waals surface area contributed by atoms with Crippen LogP contribution >= 0.6 is 0 Å². The third kappa shape index (κ3) is 3.77. The minimum Gasteiger partial charge on any atom is -0.490 e. The fourth-order valence-electron chi connectivity index (χ4n) is 2.15. The number of benzene rings is 2. The van der Waals surface area contributed by atoms with Gasteiger partial charge in [-0.2, -0.15) is 0 Å². The van der Waals surface area contributed by atoms with Crippen molar-refractivity contribution in [1.82, 2.24) is 0 Å². The van der Waals surface area contributed by atoms with Crippen LogP contribution in [0.3, 0.4) is 0 Å². The second-order valence-corrected chi connectivity index (χ2v) is 4.92. The maximum Gasteiger partial charge on any atom is 0.125 e. The van der Waals surface area contributed by atoms with E-state index in [2.05, 4.69) is 45.0 Å². The van der Waals surface area contributed by atoms with Crippen LogP contribution in [0.2, 0.25) is 0 Å². The van der Waals surface area contributed by atoms with Crippen LogP contribution in [-0.2, 0) is 6.42 Å². The molecule has 0 atom stereocenters. The number of ether oxygens (including phenoxy) is 2. The van der Waals surface area contributed by atoms with Gasteiger partial charge in [-0.3, -0.25) is 0 Å². The van der Waals surface area contributed by atoms with Crippen LogP contribution in [0.25, 0.3) is 0 Å². The quantitative estimate of drug-likeness (QED) is 0.728. The molecule has 2 heteroatoms. The molecule has 20 heavy (non-hydrogen) atoms. The lowest BCUT2D eigenvalue weighted by Crippen LogP contribution is -2.10. The van der Waals surface area contributed by atoms with Crippen LogP contribution in [0, 0.1) is 13.8 Å². The Hall–Kier alpha value is -1.96. The lowest BCUT2D eigenvalue weighted by Gasteiger charge is -2.12. The van der Waals surface area contributed by atoms with E-state index in [1.165, 1.54) is 5.56 Å². The van der Waals surface area contributed by atoms with Crippen molar-refractivity contribution in [2.45, 2.75) is 27.2 Å². The third-order valence-electron chi connectivity index (χ3n) is 3.34. The molecule has 0 unspecified atom stereocenters. The Morgan fingerprint density at radius 2 is 1.40 bits per heavy atom. The van der Waals surface area contributed by atoms with Gasteiger partial charge in [0, 0.05) is 0 Å². The standard InChI is InChI=1S/C18H22O2/c1-4-16-8-10-17(11-9-16)19-12-13-20-18-14(2)6-5-7-15(18)3/h5-11H,4,12-13H2,1-3H3. The van der Waals surface area contributed by atoms with Crippen molar-refractivity contribution in [2.75, 3.05) is 13.2 Å². The van der Waals surface area contributed by atoms with Crippen LogP contribution in [0.5, 0.6) is 11.5 Å². The third-order valence-corrected chi connectivity index (χ3v) is 3.34. The average Bonchev–Trinajstić information content (AvgIpc) is 2.46. The van der Waals surface area contributed by atoms with Gasteiger partial charge in [-0.15, -0.1) is 0 Å². The van der Waals surface area contributed by atoms with Crippen LogP contribution in [0.1, 0.15) is 23.6 Å². The summed E-state index contributed by atoms with van der Waals surface area (Å²) >= 11 is 0. The number of hydrogen-bond donors (Lipinski definition) is 0. The molecule has 0 aliphatic rings. The van der Waals surface area contributed by atoms with Gasteiger partial charge in [0.2, 0.25) is 0 Å². The van der Waals surface area contributed by atoms with Crippen LogP contribution < -0.4 is 9.47 Å². The van der Waals surface area contributed by atoms with E-state index in [9.17, 15) is 0 Å². The Balaban J connectivity index is 1.81. The van der Waals surface area contributed by atoms with Crippen molar-refractivity contribution < 1.29 is 9.47 Å². The van der Waals surface area contributed by atoms with Crippen LogP contribution in [0.4, 0.5) is 0 Å². The van der Waals surface area contributed by atoms with E-state index in [1.54, 1.807) is 0 Å². The van der Waals surface area contributed by atoms with E-state index in [0.717, 1.165) is 29.0 Å². The maximum absolute atomic E-state index is 5.81. The zero-order valence-corrected chi connectivity index (χ0v) is 12.5. The molecule has 2 aromatic rings. The van der Waals surface area contributed by atoms with Crippen molar-refractivity contribution in [3.8, 4) is 11.5 Å². The van der Waals surface area contributed by atoms with E-state index in [1.807, 2.05) is 18.2 Å². The molecule has 106 valence electrons. The molecule has 2 nitrogen and oxygen atoms in total. The van der Waals surface area contributed by atoms with Gasteiger partial charge in [-0.05, 0) is 49.1 Å². The van der Waals surface area contributed by atoms with Crippen molar-refractivity contribution in [2.24, 2.45) is 0 Å². The lowest BCUT2D eigenvalue weighted by molar-refractivity contribution is 0.215. The first-order valence-corrected chi connectivity index (χ1v) is 7.11.